The van der Waals surface area contributed by atoms with E-state index in [0.717, 1.165) is 61.0 Å². The molecule has 14 heteroatoms. The van der Waals surface area contributed by atoms with Gasteiger partial charge in [-0.15, -0.1) is 0 Å². The Labute approximate surface area is 362 Å². The van der Waals surface area contributed by atoms with E-state index in [1.54, 1.807) is 30.4 Å². The summed E-state index contributed by atoms with van der Waals surface area (Å²) in [6.07, 6.45) is 12.7. The van der Waals surface area contributed by atoms with Crippen LogP contribution >= 0.6 is 21.6 Å². The minimum Gasteiger partial charge on any atom is -0.511 e. The smallest absolute Gasteiger partial charge is 0.230 e. The van der Waals surface area contributed by atoms with Crippen molar-refractivity contribution >= 4 is 33.2 Å². The number of carbonyl (C=O) groups is 2. The van der Waals surface area contributed by atoms with Gasteiger partial charge in [0.1, 0.15) is 40.3 Å². The molecule has 7 bridgehead atoms. The van der Waals surface area contributed by atoms with Gasteiger partial charge in [-0.1, -0.05) is 95.1 Å². The van der Waals surface area contributed by atoms with Crippen LogP contribution in [0.15, 0.2) is 102 Å². The maximum atomic E-state index is 15.3. The molecule has 0 aromatic heterocycles. The summed E-state index contributed by atoms with van der Waals surface area (Å²) in [6.45, 7) is -0.370. The van der Waals surface area contributed by atoms with E-state index in [1.165, 1.54) is 27.7 Å². The molecule has 0 radical (unpaired) electrons. The van der Waals surface area contributed by atoms with E-state index in [2.05, 4.69) is 22.8 Å². The number of rotatable bonds is 4. The second-order valence-electron chi connectivity index (χ2n) is 18.4. The van der Waals surface area contributed by atoms with Gasteiger partial charge >= 0.3 is 0 Å². The molecule has 9 atom stereocenters. The molecule has 0 amide bonds. The average molecular weight is 869 g/mol. The molecule has 2 aromatic rings. The van der Waals surface area contributed by atoms with Gasteiger partial charge in [0.25, 0.3) is 0 Å². The van der Waals surface area contributed by atoms with Crippen LogP contribution in [0.5, 0.6) is 5.75 Å². The second kappa shape index (κ2) is 15.2. The van der Waals surface area contributed by atoms with Gasteiger partial charge in [-0.2, -0.15) is 0 Å². The number of aliphatic hydroxyl groups excluding tert-OH is 5. The van der Waals surface area contributed by atoms with E-state index < -0.39 is 70.5 Å². The Hall–Kier alpha value is -3.86. The zero-order chi connectivity index (χ0) is 42.4. The highest BCUT2D eigenvalue weighted by Gasteiger charge is 2.71. The Bertz CT molecular complexity index is 2320. The minimum absolute atomic E-state index is 0.0336. The zero-order valence-corrected chi connectivity index (χ0v) is 35.4. The van der Waals surface area contributed by atoms with E-state index in [0.29, 0.717) is 30.8 Å². The first-order chi connectivity index (χ1) is 29.4. The second-order valence-corrected chi connectivity index (χ2v) is 20.8. The van der Waals surface area contributed by atoms with Crippen molar-refractivity contribution in [1.29, 1.82) is 0 Å². The number of nitrogens with one attached hydrogen (secondary N) is 2. The molecule has 0 unspecified atom stereocenters. The standard InChI is InChI=1S/C47H52N2O10S2/c50-22-28-6-3-5-27(17-28)18-29-19-32-38(53)31-7-4-8-33-37(31)39(54)46(32,35(52)20-29)25-60-61-26-49-36-21-30(10-16-48-36)44(15-14-43(23-44)11-1-2-12-43)34-9-13-45(24-51)42(56)47(34,57)40(55)41(58-33)59-45/h3-10,13,17,19-21,32,34,40-42,48-52,55-57H,1-2,11-12,14-16,18,22-26H2/t32-,34-,40+,41-,42-,44+,45-,46+,47-/m1/s1. The van der Waals surface area contributed by atoms with Crippen molar-refractivity contribution in [3.8, 4) is 5.75 Å². The van der Waals surface area contributed by atoms with Gasteiger partial charge < -0.3 is 50.7 Å². The van der Waals surface area contributed by atoms with Gasteiger partial charge in [0.05, 0.1) is 36.4 Å². The normalized spacial score (nSPS) is 37.4. The topological polar surface area (TPSA) is 198 Å². The predicted octanol–water partition coefficient (Wildman–Crippen LogP) is 4.93. The van der Waals surface area contributed by atoms with Crippen LogP contribution in [-0.4, -0.2) is 96.7 Å². The third-order valence-corrected chi connectivity index (χ3v) is 17.4. The van der Waals surface area contributed by atoms with Crippen LogP contribution in [0.25, 0.3) is 0 Å². The summed E-state index contributed by atoms with van der Waals surface area (Å²) in [5.41, 5.74) is -3.32. The van der Waals surface area contributed by atoms with E-state index in [-0.39, 0.29) is 40.4 Å². The lowest BCUT2D eigenvalue weighted by Gasteiger charge is -2.60. The molecule has 2 aromatic carbocycles. The Kier molecular flexibility index (Phi) is 10.2. The van der Waals surface area contributed by atoms with E-state index in [4.69, 9.17) is 9.47 Å². The fourth-order valence-electron chi connectivity index (χ4n) is 12.2. The number of aliphatic hydroxyl groups is 6. The van der Waals surface area contributed by atoms with Crippen LogP contribution in [0.4, 0.5) is 0 Å². The molecule has 2 saturated carbocycles. The largest absolute Gasteiger partial charge is 0.511 e. The van der Waals surface area contributed by atoms with Crippen LogP contribution in [0.1, 0.15) is 76.8 Å². The summed E-state index contributed by atoms with van der Waals surface area (Å²) in [5.74, 6) is -1.99. The number of dihydropyridines is 1. The molecule has 322 valence electrons. The van der Waals surface area contributed by atoms with Crippen molar-refractivity contribution in [2.75, 3.05) is 24.8 Å². The zero-order valence-electron chi connectivity index (χ0n) is 33.7. The van der Waals surface area contributed by atoms with Gasteiger partial charge in [-0.05, 0) is 84.4 Å². The van der Waals surface area contributed by atoms with Crippen LogP contribution in [-0.2, 0) is 17.8 Å². The summed E-state index contributed by atoms with van der Waals surface area (Å²) < 4.78 is 12.8. The summed E-state index contributed by atoms with van der Waals surface area (Å²) >= 11 is 0. The van der Waals surface area contributed by atoms with Crippen molar-refractivity contribution in [3.05, 3.63) is 124 Å². The van der Waals surface area contributed by atoms with Gasteiger partial charge in [-0.25, -0.2) is 0 Å². The third kappa shape index (κ3) is 6.18. The molecule has 1 saturated heterocycles. The quantitative estimate of drug-likeness (QED) is 0.152. The Morgan fingerprint density at radius 3 is 2.54 bits per heavy atom. The number of Topliss-reactive ketones (excluding diaryl/α,β-unsaturated/α-hetero) is 2. The van der Waals surface area contributed by atoms with Crippen molar-refractivity contribution < 1.29 is 49.7 Å². The van der Waals surface area contributed by atoms with Crippen LogP contribution in [0.3, 0.4) is 0 Å². The number of benzene rings is 2. The minimum atomic E-state index is -2.29. The number of allylic oxidation sites excluding steroid dienone is 6. The molecule has 10 rings (SSSR count). The Morgan fingerprint density at radius 2 is 1.74 bits per heavy atom. The lowest BCUT2D eigenvalue weighted by Crippen LogP contribution is -2.78. The lowest BCUT2D eigenvalue weighted by molar-refractivity contribution is -0.355. The number of ketones is 2. The van der Waals surface area contributed by atoms with E-state index >= 15 is 4.79 Å². The molecule has 3 fully saturated rings. The summed E-state index contributed by atoms with van der Waals surface area (Å²) in [7, 11) is 2.83. The number of carbonyl (C=O) groups excluding carboxylic acids is 2. The van der Waals surface area contributed by atoms with Crippen molar-refractivity contribution in [2.45, 2.75) is 87.7 Å². The number of ether oxygens (including phenoxy) is 2. The van der Waals surface area contributed by atoms with Gasteiger partial charge in [0, 0.05) is 29.2 Å². The SMILES string of the molecule is O=C1c2cccc3c2C(=O)[C@]2(CSSCNC4=CC(=CCN4)[C@@]4(CCC5(CCCC5)C4)[C@H]4C=C[C@]5(CO)O[C@@H](O3)[C@H](O)[C@@]4(O)[C@@H]5O)C(O)=CC(Cc3cccc(CO)c3)=C[C@H]12. The van der Waals surface area contributed by atoms with Gasteiger partial charge in [0.2, 0.25) is 6.29 Å². The molecule has 8 aliphatic rings. The van der Waals surface area contributed by atoms with Crippen LogP contribution in [0, 0.1) is 28.1 Å². The molecule has 3 heterocycles. The molecule has 3 spiro atoms. The molecule has 12 nitrogen and oxygen atoms in total. The summed E-state index contributed by atoms with van der Waals surface area (Å²) in [6, 6.07) is 12.0. The average Bonchev–Trinajstić information content (AvgIpc) is 3.90. The van der Waals surface area contributed by atoms with Crippen molar-refractivity contribution in [1.82, 2.24) is 10.6 Å². The first-order valence-corrected chi connectivity index (χ1v) is 23.8. The monoisotopic (exact) mass is 868 g/mol. The first-order valence-electron chi connectivity index (χ1n) is 21.3. The molecule has 8 N–H and O–H groups in total. The van der Waals surface area contributed by atoms with Crippen LogP contribution < -0.4 is 15.4 Å². The van der Waals surface area contributed by atoms with Crippen molar-refractivity contribution in [2.24, 2.45) is 28.1 Å². The number of hydrogen-bond acceptors (Lipinski definition) is 14. The molecular weight excluding hydrogens is 817 g/mol. The summed E-state index contributed by atoms with van der Waals surface area (Å²) in [4.78, 5) is 30.1. The third-order valence-electron chi connectivity index (χ3n) is 15.2. The van der Waals surface area contributed by atoms with E-state index in [9.17, 15) is 35.4 Å². The first kappa shape index (κ1) is 41.2. The van der Waals surface area contributed by atoms with Gasteiger partial charge in [0.15, 0.2) is 11.6 Å². The van der Waals surface area contributed by atoms with E-state index in [1.807, 2.05) is 30.3 Å². The Morgan fingerprint density at radius 1 is 0.934 bits per heavy atom. The highest BCUT2D eigenvalue weighted by atomic mass is 33.1. The van der Waals surface area contributed by atoms with Crippen molar-refractivity contribution in [3.63, 3.8) is 0 Å². The number of fused-ring (bicyclic) bond motifs is 5. The molecule has 61 heavy (non-hydrogen) atoms. The number of hydrogen-bond donors (Lipinski definition) is 8. The fraction of sp³-hybridized carbons (Fsp3) is 0.489. The lowest BCUT2D eigenvalue weighted by atomic mass is 9.53. The molecule has 5 aliphatic carbocycles. The molecule has 3 aliphatic heterocycles. The fourth-order valence-corrected chi connectivity index (χ4v) is 14.4. The molecular formula is C47H52N2O10S2. The predicted molar refractivity (Wildman–Crippen MR) is 230 cm³/mol. The maximum absolute atomic E-state index is 15.3. The van der Waals surface area contributed by atoms with Crippen LogP contribution in [0.2, 0.25) is 0 Å². The summed E-state index contributed by atoms with van der Waals surface area (Å²) in [5, 5.41) is 77.6. The Balaban J connectivity index is 1.10. The van der Waals surface area contributed by atoms with Gasteiger partial charge in [-0.3, -0.25) is 9.59 Å². The highest BCUT2D eigenvalue weighted by molar-refractivity contribution is 8.76. The highest BCUT2D eigenvalue weighted by Crippen LogP contribution is 2.67. The maximum Gasteiger partial charge on any atom is 0.230 e.